The minimum Gasteiger partial charge on any atom is -0.875 e. The summed E-state index contributed by atoms with van der Waals surface area (Å²) in [5.74, 6) is -0.417. The van der Waals surface area contributed by atoms with Crippen molar-refractivity contribution in [2.24, 2.45) is 21.7 Å². The molecule has 0 aliphatic heterocycles. The maximum absolute atomic E-state index is 11.4. The van der Waals surface area contributed by atoms with Crippen LogP contribution in [0.15, 0.2) is 23.7 Å². The smallest absolute Gasteiger partial charge is 0.875 e. The fraction of sp³-hybridized carbons (Fsp3) is 0.727. The first-order valence-corrected chi connectivity index (χ1v) is 8.97. The number of allylic oxidation sites excluding steroid dienone is 4. The van der Waals surface area contributed by atoms with E-state index in [4.69, 9.17) is 0 Å². The molecular weight excluding hydrogens is 369 g/mol. The van der Waals surface area contributed by atoms with Crippen LogP contribution in [0.1, 0.15) is 83.1 Å². The van der Waals surface area contributed by atoms with Gasteiger partial charge in [-0.1, -0.05) is 83.1 Å². The van der Waals surface area contributed by atoms with Crippen LogP contribution < -0.4 is 10.2 Å². The minimum atomic E-state index is -0.457. The number of hydrogen-bond acceptors (Lipinski definition) is 4. The van der Waals surface area contributed by atoms with Crippen LogP contribution in [0.25, 0.3) is 0 Å². The van der Waals surface area contributed by atoms with Gasteiger partial charge in [-0.15, -0.1) is 11.5 Å². The van der Waals surface area contributed by atoms with Gasteiger partial charge >= 0.3 is 23.1 Å². The number of carbonyl (C=O) groups excluding carboxylic acids is 2. The minimum absolute atomic E-state index is 0. The van der Waals surface area contributed by atoms with Crippen LogP contribution in [-0.4, -0.2) is 40.1 Å². The molecule has 0 atom stereocenters. The molecule has 0 radical (unpaired) electrons. The Bertz CT molecular complexity index is 508. The molecule has 0 spiro atoms. The van der Waals surface area contributed by atoms with Gasteiger partial charge in [-0.3, -0.25) is 9.59 Å². The molecule has 0 saturated heterocycles. The summed E-state index contributed by atoms with van der Waals surface area (Å²) in [5, 5.41) is 22.9. The van der Waals surface area contributed by atoms with E-state index in [0.717, 1.165) is 0 Å². The molecule has 0 aromatic rings. The zero-order valence-electron chi connectivity index (χ0n) is 20.0. The molecule has 0 bridgehead atoms. The molecule has 0 saturated carbocycles. The largest absolute Gasteiger partial charge is 2.00 e. The van der Waals surface area contributed by atoms with E-state index >= 15 is 0 Å². The molecule has 5 nitrogen and oxygen atoms in total. The molecule has 6 heteroatoms. The van der Waals surface area contributed by atoms with Crippen molar-refractivity contribution in [2.75, 3.05) is 0 Å². The average molecular weight is 409 g/mol. The second-order valence-electron chi connectivity index (χ2n) is 10.7. The Labute approximate surface area is 188 Å². The van der Waals surface area contributed by atoms with Crippen molar-refractivity contribution in [3.8, 4) is 0 Å². The molecule has 0 aromatic heterocycles. The Balaban J connectivity index is -0.000000192. The van der Waals surface area contributed by atoms with Gasteiger partial charge in [-0.25, -0.2) is 0 Å². The van der Waals surface area contributed by atoms with Crippen LogP contribution in [0.5, 0.6) is 0 Å². The summed E-state index contributed by atoms with van der Waals surface area (Å²) in [7, 11) is 0. The summed E-state index contributed by atoms with van der Waals surface area (Å²) in [6.45, 7) is 21.7. The van der Waals surface area contributed by atoms with Crippen molar-refractivity contribution in [1.29, 1.82) is 0 Å². The zero-order chi connectivity index (χ0) is 21.7. The van der Waals surface area contributed by atoms with E-state index < -0.39 is 21.7 Å². The maximum Gasteiger partial charge on any atom is 2.00 e. The number of ketones is 2. The number of carbonyl (C=O) groups is 2. The number of hydrogen-bond donors (Lipinski definition) is 0. The van der Waals surface area contributed by atoms with Gasteiger partial charge in [0, 0.05) is 10.8 Å². The van der Waals surface area contributed by atoms with Crippen molar-refractivity contribution < 1.29 is 25.3 Å². The summed E-state index contributed by atoms with van der Waals surface area (Å²) in [6.07, 6.45) is 2.44. The van der Waals surface area contributed by atoms with Crippen LogP contribution in [0.4, 0.5) is 0 Å². The quantitative estimate of drug-likeness (QED) is 0.397. The second kappa shape index (κ2) is 12.0. The van der Waals surface area contributed by atoms with E-state index in [-0.39, 0.29) is 51.6 Å². The SMILES string of the molecule is CC(C)(C)C(=O)C=C([O-])C(C)(C)C.CC(C)(C)C(=O)C=C([O-])C(C)(C)C.O.[Mg+2]. The van der Waals surface area contributed by atoms with E-state index in [9.17, 15) is 19.8 Å². The van der Waals surface area contributed by atoms with Gasteiger partial charge in [0.25, 0.3) is 0 Å². The Morgan fingerprint density at radius 3 is 0.821 bits per heavy atom. The molecule has 0 rings (SSSR count). The van der Waals surface area contributed by atoms with Gasteiger partial charge < -0.3 is 15.7 Å². The first kappa shape index (κ1) is 34.6. The van der Waals surface area contributed by atoms with Crippen LogP contribution in [-0.2, 0) is 9.59 Å². The van der Waals surface area contributed by atoms with Gasteiger partial charge in [-0.2, -0.15) is 0 Å². The Morgan fingerprint density at radius 1 is 0.536 bits per heavy atom. The van der Waals surface area contributed by atoms with Gasteiger partial charge in [0.1, 0.15) is 0 Å². The molecule has 0 aliphatic carbocycles. The summed E-state index contributed by atoms with van der Waals surface area (Å²) in [4.78, 5) is 22.9. The Hall–Kier alpha value is -0.854. The predicted molar refractivity (Wildman–Crippen MR) is 113 cm³/mol. The zero-order valence-corrected chi connectivity index (χ0v) is 21.4. The van der Waals surface area contributed by atoms with Crippen LogP contribution in [0.3, 0.4) is 0 Å². The first-order valence-electron chi connectivity index (χ1n) is 8.97. The standard InChI is InChI=1S/2C11H20O2.Mg.H2O/c2*1-10(2,3)8(12)7-9(13)11(4,5)6;;/h2*7,12H,1-6H3;;1H2/q;;+2;/p-2. The molecular formula is C22H40MgO5. The van der Waals surface area contributed by atoms with Crippen LogP contribution in [0, 0.1) is 21.7 Å². The summed E-state index contributed by atoms with van der Waals surface area (Å²) in [5.41, 5.74) is -1.83. The van der Waals surface area contributed by atoms with Crippen molar-refractivity contribution in [2.45, 2.75) is 83.1 Å². The van der Waals surface area contributed by atoms with Crippen LogP contribution in [0.2, 0.25) is 0 Å². The molecule has 0 amide bonds. The second-order valence-corrected chi connectivity index (χ2v) is 10.7. The average Bonchev–Trinajstić information content (AvgIpc) is 2.34. The van der Waals surface area contributed by atoms with Gasteiger partial charge in [0.15, 0.2) is 11.6 Å². The first-order chi connectivity index (χ1) is 11.1. The predicted octanol–water partition coefficient (Wildman–Crippen LogP) is 2.58. The van der Waals surface area contributed by atoms with E-state index in [0.29, 0.717) is 0 Å². The molecule has 0 aromatic carbocycles. The van der Waals surface area contributed by atoms with Gasteiger partial charge in [0.05, 0.1) is 0 Å². The van der Waals surface area contributed by atoms with E-state index in [1.54, 1.807) is 0 Å². The van der Waals surface area contributed by atoms with Gasteiger partial charge in [-0.05, 0) is 23.0 Å². The topological polar surface area (TPSA) is 112 Å². The molecule has 0 aliphatic rings. The summed E-state index contributed by atoms with van der Waals surface area (Å²) >= 11 is 0. The van der Waals surface area contributed by atoms with E-state index in [2.05, 4.69) is 0 Å². The normalized spacial score (nSPS) is 13.4. The van der Waals surface area contributed by atoms with Crippen molar-refractivity contribution in [1.82, 2.24) is 0 Å². The van der Waals surface area contributed by atoms with Crippen molar-refractivity contribution >= 4 is 34.6 Å². The molecule has 2 N–H and O–H groups in total. The van der Waals surface area contributed by atoms with E-state index in [1.807, 2.05) is 83.1 Å². The Kier molecular flexibility index (Phi) is 14.8. The van der Waals surface area contributed by atoms with Crippen molar-refractivity contribution in [3.63, 3.8) is 0 Å². The Morgan fingerprint density at radius 2 is 0.714 bits per heavy atom. The fourth-order valence-electron chi connectivity index (χ4n) is 1.10. The molecule has 0 heterocycles. The molecule has 28 heavy (non-hydrogen) atoms. The maximum atomic E-state index is 11.4. The molecule has 0 fully saturated rings. The summed E-state index contributed by atoms with van der Waals surface area (Å²) in [6, 6.07) is 0. The van der Waals surface area contributed by atoms with Crippen molar-refractivity contribution in [3.05, 3.63) is 23.7 Å². The third-order valence-electron chi connectivity index (χ3n) is 3.48. The van der Waals surface area contributed by atoms with Gasteiger partial charge in [0.2, 0.25) is 0 Å². The van der Waals surface area contributed by atoms with E-state index in [1.165, 1.54) is 12.2 Å². The van der Waals surface area contributed by atoms with Crippen LogP contribution >= 0.6 is 0 Å². The molecule has 0 unspecified atom stereocenters. The number of rotatable bonds is 2. The third kappa shape index (κ3) is 15.1. The third-order valence-corrected chi connectivity index (χ3v) is 3.48. The summed E-state index contributed by atoms with van der Waals surface area (Å²) < 4.78 is 0. The molecule has 160 valence electrons. The monoisotopic (exact) mass is 408 g/mol. The fourth-order valence-corrected chi connectivity index (χ4v) is 1.10.